The average molecular weight is 233 g/mol. The summed E-state index contributed by atoms with van der Waals surface area (Å²) in [6, 6.07) is 8.60. The van der Waals surface area contributed by atoms with Crippen LogP contribution in [-0.2, 0) is 0 Å². The number of fused-ring (bicyclic) bond motifs is 1. The van der Waals surface area contributed by atoms with Gasteiger partial charge in [-0.15, -0.1) is 11.8 Å². The van der Waals surface area contributed by atoms with Crippen molar-refractivity contribution < 1.29 is 0 Å². The smallest absolute Gasteiger partial charge is 0.117 e. The molecular formula is C12H15N3S. The highest BCUT2D eigenvalue weighted by Crippen LogP contribution is 2.24. The maximum atomic E-state index is 4.34. The van der Waals surface area contributed by atoms with Gasteiger partial charge in [-0.05, 0) is 20.0 Å². The Morgan fingerprint density at radius 3 is 2.94 bits per heavy atom. The zero-order valence-electron chi connectivity index (χ0n) is 9.47. The van der Waals surface area contributed by atoms with Gasteiger partial charge in [-0.3, -0.25) is 0 Å². The number of hydrogen-bond acceptors (Lipinski definition) is 4. The van der Waals surface area contributed by atoms with E-state index in [0.29, 0.717) is 6.04 Å². The molecule has 0 fully saturated rings. The van der Waals surface area contributed by atoms with Crippen LogP contribution in [0, 0.1) is 0 Å². The van der Waals surface area contributed by atoms with E-state index < -0.39 is 0 Å². The average Bonchev–Trinajstić information content (AvgIpc) is 2.35. The van der Waals surface area contributed by atoms with Gasteiger partial charge in [0, 0.05) is 17.2 Å². The Morgan fingerprint density at radius 1 is 1.31 bits per heavy atom. The SMILES string of the molecule is CNC(C)CSc1ncnc2ccccc12. The normalized spacial score (nSPS) is 12.9. The van der Waals surface area contributed by atoms with Crippen LogP contribution in [0.1, 0.15) is 6.92 Å². The molecule has 84 valence electrons. The Balaban J connectivity index is 2.23. The highest BCUT2D eigenvalue weighted by molar-refractivity contribution is 7.99. The second-order valence-corrected chi connectivity index (χ2v) is 4.71. The number of thioether (sulfide) groups is 1. The number of nitrogens with one attached hydrogen (secondary N) is 1. The fourth-order valence-electron chi connectivity index (χ4n) is 1.38. The van der Waals surface area contributed by atoms with Crippen molar-refractivity contribution in [1.82, 2.24) is 15.3 Å². The molecule has 0 aliphatic carbocycles. The molecule has 4 heteroatoms. The number of para-hydroxylation sites is 1. The molecule has 1 N–H and O–H groups in total. The van der Waals surface area contributed by atoms with E-state index in [4.69, 9.17) is 0 Å². The third kappa shape index (κ3) is 2.51. The van der Waals surface area contributed by atoms with Gasteiger partial charge in [0.05, 0.1) is 5.52 Å². The minimum absolute atomic E-state index is 0.485. The molecule has 0 amide bonds. The molecule has 2 aromatic rings. The minimum atomic E-state index is 0.485. The van der Waals surface area contributed by atoms with Crippen molar-refractivity contribution in [1.29, 1.82) is 0 Å². The zero-order chi connectivity index (χ0) is 11.4. The molecule has 2 rings (SSSR count). The van der Waals surface area contributed by atoms with E-state index >= 15 is 0 Å². The van der Waals surface area contributed by atoms with E-state index in [-0.39, 0.29) is 0 Å². The molecule has 3 nitrogen and oxygen atoms in total. The highest BCUT2D eigenvalue weighted by atomic mass is 32.2. The predicted octanol–water partition coefficient (Wildman–Crippen LogP) is 2.33. The Morgan fingerprint density at radius 2 is 2.12 bits per heavy atom. The summed E-state index contributed by atoms with van der Waals surface area (Å²) < 4.78 is 0. The Kier molecular flexibility index (Phi) is 3.74. The van der Waals surface area contributed by atoms with Crippen molar-refractivity contribution in [3.8, 4) is 0 Å². The van der Waals surface area contributed by atoms with E-state index in [1.165, 1.54) is 0 Å². The lowest BCUT2D eigenvalue weighted by Gasteiger charge is -2.09. The van der Waals surface area contributed by atoms with Crippen molar-refractivity contribution in [3.63, 3.8) is 0 Å². The fourth-order valence-corrected chi connectivity index (χ4v) is 2.41. The maximum absolute atomic E-state index is 4.34. The van der Waals surface area contributed by atoms with Gasteiger partial charge >= 0.3 is 0 Å². The van der Waals surface area contributed by atoms with Gasteiger partial charge in [0.1, 0.15) is 11.4 Å². The van der Waals surface area contributed by atoms with Gasteiger partial charge < -0.3 is 5.32 Å². The summed E-state index contributed by atoms with van der Waals surface area (Å²) in [7, 11) is 1.98. The minimum Gasteiger partial charge on any atom is -0.316 e. The van der Waals surface area contributed by atoms with Gasteiger partial charge in [0.2, 0.25) is 0 Å². The number of aromatic nitrogens is 2. The zero-order valence-corrected chi connectivity index (χ0v) is 10.3. The molecule has 0 aliphatic rings. The van der Waals surface area contributed by atoms with E-state index in [9.17, 15) is 0 Å². The summed E-state index contributed by atoms with van der Waals surface area (Å²) in [5, 5.41) is 5.42. The van der Waals surface area contributed by atoms with E-state index in [1.54, 1.807) is 18.1 Å². The van der Waals surface area contributed by atoms with Crippen molar-refractivity contribution in [2.24, 2.45) is 0 Å². The first-order valence-electron chi connectivity index (χ1n) is 5.31. The van der Waals surface area contributed by atoms with E-state index in [0.717, 1.165) is 21.7 Å². The molecule has 0 aliphatic heterocycles. The number of hydrogen-bond donors (Lipinski definition) is 1. The van der Waals surface area contributed by atoms with Gasteiger partial charge in [-0.25, -0.2) is 9.97 Å². The summed E-state index contributed by atoms with van der Waals surface area (Å²) in [5.74, 6) is 1.01. The summed E-state index contributed by atoms with van der Waals surface area (Å²) in [5.41, 5.74) is 1.01. The monoisotopic (exact) mass is 233 g/mol. The topological polar surface area (TPSA) is 37.8 Å². The number of rotatable bonds is 4. The van der Waals surface area contributed by atoms with Crippen molar-refractivity contribution in [2.45, 2.75) is 18.0 Å². The molecule has 1 aromatic carbocycles. The van der Waals surface area contributed by atoms with Gasteiger partial charge in [-0.2, -0.15) is 0 Å². The van der Waals surface area contributed by atoms with Crippen LogP contribution in [0.2, 0.25) is 0 Å². The first-order valence-corrected chi connectivity index (χ1v) is 6.29. The summed E-state index contributed by atoms with van der Waals surface area (Å²) in [4.78, 5) is 8.59. The summed E-state index contributed by atoms with van der Waals surface area (Å²) in [6.07, 6.45) is 1.63. The molecule has 1 aromatic heterocycles. The van der Waals surface area contributed by atoms with Crippen LogP contribution < -0.4 is 5.32 Å². The Hall–Kier alpha value is -1.13. The standard InChI is InChI=1S/C12H15N3S/c1-9(13-2)7-16-12-10-5-3-4-6-11(10)14-8-15-12/h3-6,8-9,13H,7H2,1-2H3. The van der Waals surface area contributed by atoms with Crippen molar-refractivity contribution in [3.05, 3.63) is 30.6 Å². The van der Waals surface area contributed by atoms with E-state index in [2.05, 4.69) is 28.3 Å². The molecule has 0 bridgehead atoms. The summed E-state index contributed by atoms with van der Waals surface area (Å²) in [6.45, 7) is 2.16. The van der Waals surface area contributed by atoms with Crippen LogP contribution in [-0.4, -0.2) is 28.8 Å². The molecule has 0 saturated heterocycles. The molecule has 1 unspecified atom stereocenters. The summed E-state index contributed by atoms with van der Waals surface area (Å²) >= 11 is 1.77. The largest absolute Gasteiger partial charge is 0.316 e. The lowest BCUT2D eigenvalue weighted by atomic mass is 10.2. The Labute approximate surface area is 99.7 Å². The van der Waals surface area contributed by atoms with Crippen LogP contribution >= 0.6 is 11.8 Å². The first kappa shape index (κ1) is 11.4. The van der Waals surface area contributed by atoms with Gasteiger partial charge in [0.25, 0.3) is 0 Å². The molecule has 0 spiro atoms. The molecular weight excluding hydrogens is 218 g/mol. The van der Waals surface area contributed by atoms with Gasteiger partial charge in [0.15, 0.2) is 0 Å². The number of benzene rings is 1. The molecule has 16 heavy (non-hydrogen) atoms. The first-order chi connectivity index (χ1) is 7.81. The Bertz CT molecular complexity index is 467. The fraction of sp³-hybridized carbons (Fsp3) is 0.333. The third-order valence-electron chi connectivity index (χ3n) is 2.47. The number of nitrogens with zero attached hydrogens (tertiary/aromatic N) is 2. The predicted molar refractivity (Wildman–Crippen MR) is 68.8 cm³/mol. The molecule has 0 radical (unpaired) electrons. The van der Waals surface area contributed by atoms with Gasteiger partial charge in [-0.1, -0.05) is 18.2 Å². The quantitative estimate of drug-likeness (QED) is 0.649. The van der Waals surface area contributed by atoms with Crippen LogP contribution in [0.3, 0.4) is 0 Å². The van der Waals surface area contributed by atoms with Crippen LogP contribution in [0.15, 0.2) is 35.6 Å². The second-order valence-electron chi connectivity index (χ2n) is 3.70. The second kappa shape index (κ2) is 5.27. The van der Waals surface area contributed by atoms with Crippen molar-refractivity contribution >= 4 is 22.7 Å². The lowest BCUT2D eigenvalue weighted by molar-refractivity contribution is 0.677. The molecule has 0 saturated carbocycles. The maximum Gasteiger partial charge on any atom is 0.117 e. The van der Waals surface area contributed by atoms with Crippen molar-refractivity contribution in [2.75, 3.05) is 12.8 Å². The lowest BCUT2D eigenvalue weighted by Crippen LogP contribution is -2.23. The molecule has 1 atom stereocenters. The van der Waals surface area contributed by atoms with Crippen LogP contribution in [0.5, 0.6) is 0 Å². The van der Waals surface area contributed by atoms with Crippen LogP contribution in [0.4, 0.5) is 0 Å². The van der Waals surface area contributed by atoms with Crippen LogP contribution in [0.25, 0.3) is 10.9 Å². The van der Waals surface area contributed by atoms with E-state index in [1.807, 2.05) is 25.2 Å². The molecule has 1 heterocycles. The highest BCUT2D eigenvalue weighted by Gasteiger charge is 2.05. The third-order valence-corrected chi connectivity index (χ3v) is 3.73.